The Morgan fingerprint density at radius 1 is 1.29 bits per heavy atom. The van der Waals surface area contributed by atoms with Crippen molar-refractivity contribution in [2.24, 2.45) is 5.92 Å². The third-order valence-electron chi connectivity index (χ3n) is 3.26. The SMILES string of the molecule is CC(C)COc1ccccc1C(=O)C=Cc1ccc(F)c(C#N)c1. The molecule has 0 aromatic heterocycles. The van der Waals surface area contributed by atoms with Crippen LogP contribution in [0, 0.1) is 23.1 Å². The Labute approximate surface area is 141 Å². The van der Waals surface area contributed by atoms with Crippen LogP contribution in [0.25, 0.3) is 6.08 Å². The number of halogens is 1. The molecule has 0 heterocycles. The van der Waals surface area contributed by atoms with Crippen molar-refractivity contribution in [1.82, 2.24) is 0 Å². The van der Waals surface area contributed by atoms with Gasteiger partial charge >= 0.3 is 0 Å². The standard InChI is InChI=1S/C20H18FNO2/c1-14(2)13-24-20-6-4-3-5-17(20)19(23)10-8-15-7-9-18(21)16(11-15)12-22/h3-11,14H,13H2,1-2H3. The van der Waals surface area contributed by atoms with Crippen molar-refractivity contribution >= 4 is 11.9 Å². The molecule has 0 fully saturated rings. The molecule has 0 radical (unpaired) electrons. The number of benzene rings is 2. The fourth-order valence-electron chi connectivity index (χ4n) is 2.05. The highest BCUT2D eigenvalue weighted by Gasteiger charge is 2.10. The molecule has 0 atom stereocenters. The molecule has 3 nitrogen and oxygen atoms in total. The zero-order chi connectivity index (χ0) is 17.5. The van der Waals surface area contributed by atoms with Crippen LogP contribution >= 0.6 is 0 Å². The lowest BCUT2D eigenvalue weighted by atomic mass is 10.1. The second-order valence-electron chi connectivity index (χ2n) is 5.75. The highest BCUT2D eigenvalue weighted by molar-refractivity contribution is 6.08. The van der Waals surface area contributed by atoms with Gasteiger partial charge in [-0.05, 0) is 41.8 Å². The third kappa shape index (κ3) is 4.53. The molecule has 4 heteroatoms. The van der Waals surface area contributed by atoms with Crippen LogP contribution in [0.15, 0.2) is 48.5 Å². The fraction of sp³-hybridized carbons (Fsp3) is 0.200. The zero-order valence-electron chi connectivity index (χ0n) is 13.6. The number of ether oxygens (including phenoxy) is 1. The van der Waals surface area contributed by atoms with Gasteiger partial charge in [0.2, 0.25) is 0 Å². The molecule has 0 bridgehead atoms. The molecule has 0 aliphatic carbocycles. The van der Waals surface area contributed by atoms with Crippen LogP contribution in [0.1, 0.15) is 35.3 Å². The summed E-state index contributed by atoms with van der Waals surface area (Å²) in [6.07, 6.45) is 2.95. The van der Waals surface area contributed by atoms with Crippen molar-refractivity contribution in [2.75, 3.05) is 6.61 Å². The minimum atomic E-state index is -0.576. The van der Waals surface area contributed by atoms with Crippen LogP contribution in [0.3, 0.4) is 0 Å². The van der Waals surface area contributed by atoms with Gasteiger partial charge in [0.1, 0.15) is 17.6 Å². The summed E-state index contributed by atoms with van der Waals surface area (Å²) in [7, 11) is 0. The first kappa shape index (κ1) is 17.4. The van der Waals surface area contributed by atoms with Gasteiger partial charge in [-0.15, -0.1) is 0 Å². The summed E-state index contributed by atoms with van der Waals surface area (Å²) in [6, 6.07) is 13.0. The number of hydrogen-bond acceptors (Lipinski definition) is 3. The summed E-state index contributed by atoms with van der Waals surface area (Å²) in [5.74, 6) is 0.107. The second-order valence-corrected chi connectivity index (χ2v) is 5.75. The molecule has 0 amide bonds. The van der Waals surface area contributed by atoms with E-state index in [9.17, 15) is 9.18 Å². The Hall–Kier alpha value is -2.93. The minimum absolute atomic E-state index is 0.0507. The molecule has 0 unspecified atom stereocenters. The average molecular weight is 323 g/mol. The summed E-state index contributed by atoms with van der Waals surface area (Å²) >= 11 is 0. The van der Waals surface area contributed by atoms with E-state index in [1.54, 1.807) is 30.3 Å². The maximum atomic E-state index is 13.3. The molecular weight excluding hydrogens is 305 g/mol. The van der Waals surface area contributed by atoms with Gasteiger partial charge in [0.05, 0.1) is 17.7 Å². The number of hydrogen-bond donors (Lipinski definition) is 0. The van der Waals surface area contributed by atoms with Crippen molar-refractivity contribution in [3.05, 3.63) is 71.0 Å². The fourth-order valence-corrected chi connectivity index (χ4v) is 2.05. The van der Waals surface area contributed by atoms with Gasteiger partial charge in [-0.1, -0.05) is 38.1 Å². The van der Waals surface area contributed by atoms with Crippen molar-refractivity contribution in [2.45, 2.75) is 13.8 Å². The molecule has 2 rings (SSSR count). The average Bonchev–Trinajstić information content (AvgIpc) is 2.59. The van der Waals surface area contributed by atoms with Gasteiger partial charge in [-0.25, -0.2) is 4.39 Å². The Morgan fingerprint density at radius 2 is 2.04 bits per heavy atom. The van der Waals surface area contributed by atoms with Crippen molar-refractivity contribution in [3.63, 3.8) is 0 Å². The van der Waals surface area contributed by atoms with E-state index in [0.29, 0.717) is 29.4 Å². The van der Waals surface area contributed by atoms with E-state index < -0.39 is 5.82 Å². The smallest absolute Gasteiger partial charge is 0.189 e. The number of nitriles is 1. The van der Waals surface area contributed by atoms with E-state index in [4.69, 9.17) is 10.00 Å². The molecular formula is C20H18FNO2. The normalized spacial score (nSPS) is 10.8. The maximum absolute atomic E-state index is 13.3. The van der Waals surface area contributed by atoms with Crippen LogP contribution in [-0.2, 0) is 0 Å². The van der Waals surface area contributed by atoms with Crippen molar-refractivity contribution < 1.29 is 13.9 Å². The van der Waals surface area contributed by atoms with Gasteiger partial charge in [-0.3, -0.25) is 4.79 Å². The Balaban J connectivity index is 2.19. The lowest BCUT2D eigenvalue weighted by Gasteiger charge is -2.11. The first-order valence-electron chi connectivity index (χ1n) is 7.65. The molecule has 24 heavy (non-hydrogen) atoms. The van der Waals surface area contributed by atoms with E-state index in [1.165, 1.54) is 24.3 Å². The van der Waals surface area contributed by atoms with Crippen LogP contribution in [0.5, 0.6) is 5.75 Å². The molecule has 2 aromatic rings. The predicted molar refractivity (Wildman–Crippen MR) is 91.3 cm³/mol. The number of para-hydroxylation sites is 1. The van der Waals surface area contributed by atoms with E-state index in [2.05, 4.69) is 0 Å². The zero-order valence-corrected chi connectivity index (χ0v) is 13.6. The first-order chi connectivity index (χ1) is 11.5. The van der Waals surface area contributed by atoms with Gasteiger partial charge < -0.3 is 4.74 Å². The topological polar surface area (TPSA) is 50.1 Å². The molecule has 0 saturated carbocycles. The van der Waals surface area contributed by atoms with E-state index in [0.717, 1.165) is 0 Å². The Kier molecular flexibility index (Phi) is 5.86. The van der Waals surface area contributed by atoms with E-state index in [1.807, 2.05) is 19.9 Å². The van der Waals surface area contributed by atoms with Crippen LogP contribution in [0.2, 0.25) is 0 Å². The molecule has 0 spiro atoms. The lowest BCUT2D eigenvalue weighted by molar-refractivity contribution is 0.104. The van der Waals surface area contributed by atoms with Gasteiger partial charge in [0.25, 0.3) is 0 Å². The summed E-state index contributed by atoms with van der Waals surface area (Å²) < 4.78 is 19.0. The quantitative estimate of drug-likeness (QED) is 0.575. The van der Waals surface area contributed by atoms with Crippen molar-refractivity contribution in [1.29, 1.82) is 5.26 Å². The highest BCUT2D eigenvalue weighted by atomic mass is 19.1. The molecule has 0 aliphatic heterocycles. The Morgan fingerprint density at radius 3 is 2.75 bits per heavy atom. The van der Waals surface area contributed by atoms with Gasteiger partial charge in [0.15, 0.2) is 5.78 Å². The number of nitrogens with zero attached hydrogens (tertiary/aromatic N) is 1. The van der Waals surface area contributed by atoms with E-state index >= 15 is 0 Å². The largest absolute Gasteiger partial charge is 0.493 e. The monoisotopic (exact) mass is 323 g/mol. The Bertz CT molecular complexity index is 804. The summed E-state index contributed by atoms with van der Waals surface area (Å²) in [6.45, 7) is 4.59. The minimum Gasteiger partial charge on any atom is -0.493 e. The molecule has 0 N–H and O–H groups in total. The van der Waals surface area contributed by atoms with E-state index in [-0.39, 0.29) is 11.3 Å². The third-order valence-corrected chi connectivity index (χ3v) is 3.26. The lowest BCUT2D eigenvalue weighted by Crippen LogP contribution is -2.07. The maximum Gasteiger partial charge on any atom is 0.189 e. The number of carbonyl (C=O) groups excluding carboxylic acids is 1. The van der Waals surface area contributed by atoms with Crippen LogP contribution < -0.4 is 4.74 Å². The highest BCUT2D eigenvalue weighted by Crippen LogP contribution is 2.20. The summed E-state index contributed by atoms with van der Waals surface area (Å²) in [5, 5.41) is 8.84. The number of allylic oxidation sites excluding steroid dienone is 1. The molecule has 2 aromatic carbocycles. The van der Waals surface area contributed by atoms with Gasteiger partial charge in [-0.2, -0.15) is 5.26 Å². The second kappa shape index (κ2) is 8.07. The summed E-state index contributed by atoms with van der Waals surface area (Å²) in [5.41, 5.74) is 1.00. The number of rotatable bonds is 6. The summed E-state index contributed by atoms with van der Waals surface area (Å²) in [4.78, 5) is 12.4. The molecule has 0 aliphatic rings. The van der Waals surface area contributed by atoms with Crippen molar-refractivity contribution in [3.8, 4) is 11.8 Å². The molecule has 0 saturated heterocycles. The number of carbonyl (C=O) groups is 1. The predicted octanol–water partition coefficient (Wildman–Crippen LogP) is 4.63. The number of ketones is 1. The first-order valence-corrected chi connectivity index (χ1v) is 7.65. The van der Waals surface area contributed by atoms with Crippen LogP contribution in [-0.4, -0.2) is 12.4 Å². The molecule has 122 valence electrons. The van der Waals surface area contributed by atoms with Gasteiger partial charge in [0, 0.05) is 0 Å². The van der Waals surface area contributed by atoms with Crippen LogP contribution in [0.4, 0.5) is 4.39 Å².